The lowest BCUT2D eigenvalue weighted by atomic mass is 10.2. The van der Waals surface area contributed by atoms with Crippen LogP contribution in [0.1, 0.15) is 16.1 Å². The standard InChI is InChI=1S/C14H14ClN3O3/c1-8-4-10(12(20-2)5-9(8)15)17-13-7-16-6-11(18-13)14(19)21-3/h4-7H,1-3H3,(H,17,18). The second-order valence-electron chi connectivity index (χ2n) is 4.21. The molecule has 2 rings (SSSR count). The van der Waals surface area contributed by atoms with Crippen LogP contribution in [0.25, 0.3) is 0 Å². The topological polar surface area (TPSA) is 73.3 Å². The van der Waals surface area contributed by atoms with Gasteiger partial charge in [0.15, 0.2) is 5.69 Å². The van der Waals surface area contributed by atoms with E-state index in [1.54, 1.807) is 13.2 Å². The van der Waals surface area contributed by atoms with Gasteiger partial charge in [-0.2, -0.15) is 0 Å². The predicted molar refractivity (Wildman–Crippen MR) is 79.4 cm³/mol. The van der Waals surface area contributed by atoms with E-state index in [2.05, 4.69) is 20.0 Å². The zero-order valence-electron chi connectivity index (χ0n) is 11.8. The second-order valence-corrected chi connectivity index (χ2v) is 4.62. The molecule has 0 unspecified atom stereocenters. The van der Waals surface area contributed by atoms with Crippen molar-refractivity contribution in [2.75, 3.05) is 19.5 Å². The Balaban J connectivity index is 2.34. The van der Waals surface area contributed by atoms with E-state index >= 15 is 0 Å². The summed E-state index contributed by atoms with van der Waals surface area (Å²) in [6, 6.07) is 3.53. The van der Waals surface area contributed by atoms with E-state index in [0.717, 1.165) is 5.56 Å². The molecule has 6 nitrogen and oxygen atoms in total. The van der Waals surface area contributed by atoms with Crippen LogP contribution in [0, 0.1) is 6.92 Å². The van der Waals surface area contributed by atoms with Crippen LogP contribution in [0.5, 0.6) is 5.75 Å². The molecule has 110 valence electrons. The maximum atomic E-state index is 11.4. The fourth-order valence-electron chi connectivity index (χ4n) is 1.70. The molecule has 1 aromatic heterocycles. The Morgan fingerprint density at radius 1 is 1.29 bits per heavy atom. The van der Waals surface area contributed by atoms with Gasteiger partial charge in [-0.1, -0.05) is 11.6 Å². The number of halogens is 1. The van der Waals surface area contributed by atoms with E-state index in [4.69, 9.17) is 16.3 Å². The smallest absolute Gasteiger partial charge is 0.358 e. The first-order chi connectivity index (χ1) is 10.0. The number of aromatic nitrogens is 2. The normalized spacial score (nSPS) is 10.1. The maximum absolute atomic E-state index is 11.4. The molecule has 7 heteroatoms. The lowest BCUT2D eigenvalue weighted by Crippen LogP contribution is -2.07. The van der Waals surface area contributed by atoms with E-state index in [1.165, 1.54) is 19.5 Å². The van der Waals surface area contributed by atoms with Crippen LogP contribution >= 0.6 is 11.6 Å². The van der Waals surface area contributed by atoms with Crippen molar-refractivity contribution in [1.82, 2.24) is 9.97 Å². The van der Waals surface area contributed by atoms with Crippen LogP contribution in [0.2, 0.25) is 5.02 Å². The summed E-state index contributed by atoms with van der Waals surface area (Å²) in [4.78, 5) is 19.5. The Bertz CT molecular complexity index is 677. The van der Waals surface area contributed by atoms with Gasteiger partial charge in [0, 0.05) is 11.1 Å². The summed E-state index contributed by atoms with van der Waals surface area (Å²) < 4.78 is 9.88. The van der Waals surface area contributed by atoms with Crippen molar-refractivity contribution in [3.05, 3.63) is 40.8 Å². The number of ether oxygens (including phenoxy) is 2. The molecule has 0 bridgehead atoms. The van der Waals surface area contributed by atoms with Crippen molar-refractivity contribution in [3.8, 4) is 5.75 Å². The van der Waals surface area contributed by atoms with Gasteiger partial charge in [0.2, 0.25) is 0 Å². The average Bonchev–Trinajstić information content (AvgIpc) is 2.50. The Hall–Kier alpha value is -2.34. The summed E-state index contributed by atoms with van der Waals surface area (Å²) in [6.07, 6.45) is 2.83. The second kappa shape index (κ2) is 6.41. The zero-order valence-corrected chi connectivity index (χ0v) is 12.6. The van der Waals surface area contributed by atoms with Crippen molar-refractivity contribution >= 4 is 29.1 Å². The van der Waals surface area contributed by atoms with Crippen molar-refractivity contribution in [3.63, 3.8) is 0 Å². The summed E-state index contributed by atoms with van der Waals surface area (Å²) in [5, 5.41) is 3.65. The number of nitrogens with one attached hydrogen (secondary N) is 1. The van der Waals surface area contributed by atoms with Crippen molar-refractivity contribution in [2.45, 2.75) is 6.92 Å². The van der Waals surface area contributed by atoms with Crippen LogP contribution < -0.4 is 10.1 Å². The number of carbonyl (C=O) groups is 1. The monoisotopic (exact) mass is 307 g/mol. The lowest BCUT2D eigenvalue weighted by molar-refractivity contribution is 0.0593. The number of hydrogen-bond acceptors (Lipinski definition) is 6. The summed E-state index contributed by atoms with van der Waals surface area (Å²) in [7, 11) is 2.83. The minimum atomic E-state index is -0.551. The minimum absolute atomic E-state index is 0.118. The number of methoxy groups -OCH3 is 2. The highest BCUT2D eigenvalue weighted by Gasteiger charge is 2.11. The molecule has 21 heavy (non-hydrogen) atoms. The number of nitrogens with zero attached hydrogens (tertiary/aromatic N) is 2. The predicted octanol–water partition coefficient (Wildman–Crippen LogP) is 2.98. The molecule has 1 N–H and O–H groups in total. The third kappa shape index (κ3) is 3.41. The Morgan fingerprint density at radius 2 is 2.05 bits per heavy atom. The van der Waals surface area contributed by atoms with Crippen LogP contribution in [-0.2, 0) is 4.74 Å². The van der Waals surface area contributed by atoms with Gasteiger partial charge in [0.05, 0.1) is 32.3 Å². The van der Waals surface area contributed by atoms with E-state index in [0.29, 0.717) is 22.3 Å². The minimum Gasteiger partial charge on any atom is -0.495 e. The molecule has 0 aliphatic heterocycles. The summed E-state index contributed by atoms with van der Waals surface area (Å²) >= 11 is 6.06. The van der Waals surface area contributed by atoms with Crippen molar-refractivity contribution < 1.29 is 14.3 Å². The quantitative estimate of drug-likeness (QED) is 0.875. The molecule has 0 saturated carbocycles. The van der Waals surface area contributed by atoms with E-state index in [9.17, 15) is 4.79 Å². The first-order valence-electron chi connectivity index (χ1n) is 6.06. The molecule has 2 aromatic rings. The number of carbonyl (C=O) groups excluding carboxylic acids is 1. The highest BCUT2D eigenvalue weighted by molar-refractivity contribution is 6.31. The Labute approximate surface area is 127 Å². The molecule has 0 amide bonds. The molecule has 0 aliphatic rings. The van der Waals surface area contributed by atoms with Crippen LogP contribution in [0.3, 0.4) is 0 Å². The molecular formula is C14H14ClN3O3. The highest BCUT2D eigenvalue weighted by Crippen LogP contribution is 2.32. The number of esters is 1. The van der Waals surface area contributed by atoms with Crippen LogP contribution in [0.4, 0.5) is 11.5 Å². The largest absolute Gasteiger partial charge is 0.495 e. The fraction of sp³-hybridized carbons (Fsp3) is 0.214. The van der Waals surface area contributed by atoms with Gasteiger partial charge in [-0.25, -0.2) is 9.78 Å². The zero-order chi connectivity index (χ0) is 15.4. The first kappa shape index (κ1) is 15.1. The van der Waals surface area contributed by atoms with Gasteiger partial charge in [0.1, 0.15) is 11.6 Å². The molecule has 0 fully saturated rings. The number of aryl methyl sites for hydroxylation is 1. The molecular weight excluding hydrogens is 294 g/mol. The van der Waals surface area contributed by atoms with Crippen molar-refractivity contribution in [1.29, 1.82) is 0 Å². The van der Waals surface area contributed by atoms with Crippen LogP contribution in [-0.4, -0.2) is 30.2 Å². The molecule has 0 saturated heterocycles. The summed E-state index contributed by atoms with van der Waals surface area (Å²) in [5.41, 5.74) is 1.68. The van der Waals surface area contributed by atoms with Gasteiger partial charge in [0.25, 0.3) is 0 Å². The van der Waals surface area contributed by atoms with E-state index < -0.39 is 5.97 Å². The third-order valence-electron chi connectivity index (χ3n) is 2.77. The van der Waals surface area contributed by atoms with Crippen molar-refractivity contribution in [2.24, 2.45) is 0 Å². The number of anilines is 2. The van der Waals surface area contributed by atoms with Gasteiger partial charge in [-0.05, 0) is 18.6 Å². The maximum Gasteiger partial charge on any atom is 0.358 e. The lowest BCUT2D eigenvalue weighted by Gasteiger charge is -2.12. The summed E-state index contributed by atoms with van der Waals surface area (Å²) in [5.74, 6) is 0.416. The van der Waals surface area contributed by atoms with Gasteiger partial charge < -0.3 is 14.8 Å². The third-order valence-corrected chi connectivity index (χ3v) is 3.18. The number of benzene rings is 1. The molecule has 1 aromatic carbocycles. The van der Waals surface area contributed by atoms with Gasteiger partial charge >= 0.3 is 5.97 Å². The summed E-state index contributed by atoms with van der Waals surface area (Å²) in [6.45, 7) is 1.88. The Kier molecular flexibility index (Phi) is 4.59. The number of hydrogen-bond donors (Lipinski definition) is 1. The van der Waals surface area contributed by atoms with E-state index in [1.807, 2.05) is 13.0 Å². The van der Waals surface area contributed by atoms with Gasteiger partial charge in [-0.15, -0.1) is 0 Å². The van der Waals surface area contributed by atoms with E-state index in [-0.39, 0.29) is 5.69 Å². The SMILES string of the molecule is COC(=O)c1cncc(Nc2cc(C)c(Cl)cc2OC)n1. The fourth-order valence-corrected chi connectivity index (χ4v) is 1.85. The number of rotatable bonds is 4. The Morgan fingerprint density at radius 3 is 2.71 bits per heavy atom. The average molecular weight is 308 g/mol. The highest BCUT2D eigenvalue weighted by atomic mass is 35.5. The van der Waals surface area contributed by atoms with Gasteiger partial charge in [-0.3, -0.25) is 4.98 Å². The van der Waals surface area contributed by atoms with Crippen LogP contribution in [0.15, 0.2) is 24.5 Å². The first-order valence-corrected chi connectivity index (χ1v) is 6.44. The molecule has 0 spiro atoms. The molecule has 0 radical (unpaired) electrons. The molecule has 0 atom stereocenters. The molecule has 1 heterocycles. The molecule has 0 aliphatic carbocycles.